The molecule has 1 aromatic carbocycles. The number of amides is 1. The molecule has 1 atom stereocenters. The molecule has 0 saturated carbocycles. The number of hydrogen-bond donors (Lipinski definition) is 2. The molecule has 1 aliphatic rings. The van der Waals surface area contributed by atoms with E-state index >= 15 is 0 Å². The van der Waals surface area contributed by atoms with E-state index in [1.165, 1.54) is 12.1 Å². The van der Waals surface area contributed by atoms with Gasteiger partial charge in [0.05, 0.1) is 6.54 Å². The van der Waals surface area contributed by atoms with Crippen molar-refractivity contribution in [2.24, 2.45) is 4.99 Å². The number of aliphatic imine (C=N–C) groups is 1. The molecule has 0 bridgehead atoms. The molecule has 1 unspecified atom stereocenters. The van der Waals surface area contributed by atoms with Crippen molar-refractivity contribution >= 4 is 47.6 Å². The second-order valence-corrected chi connectivity index (χ2v) is 6.89. The predicted octanol–water partition coefficient (Wildman–Crippen LogP) is 2.71. The Morgan fingerprint density at radius 2 is 2.12 bits per heavy atom. The predicted molar refractivity (Wildman–Crippen MR) is 112 cm³/mol. The normalized spacial score (nSPS) is 17.9. The van der Waals surface area contributed by atoms with E-state index in [0.29, 0.717) is 19.5 Å². The van der Waals surface area contributed by atoms with Crippen LogP contribution in [0.25, 0.3) is 0 Å². The molecular formula is C17H26FIN4OS. The molecule has 0 aromatic heterocycles. The number of rotatable bonds is 6. The Morgan fingerprint density at radius 3 is 2.76 bits per heavy atom. The molecule has 140 valence electrons. The van der Waals surface area contributed by atoms with Gasteiger partial charge in [-0.05, 0) is 37.6 Å². The van der Waals surface area contributed by atoms with Crippen molar-refractivity contribution in [3.05, 3.63) is 30.1 Å². The van der Waals surface area contributed by atoms with Crippen LogP contribution in [0.3, 0.4) is 0 Å². The first kappa shape index (κ1) is 22.0. The third-order valence-electron chi connectivity index (χ3n) is 3.76. The fourth-order valence-corrected chi connectivity index (χ4v) is 3.24. The maximum atomic E-state index is 12.9. The van der Waals surface area contributed by atoms with E-state index in [2.05, 4.69) is 15.6 Å². The molecule has 0 radical (unpaired) electrons. The van der Waals surface area contributed by atoms with Crippen LogP contribution >= 0.6 is 35.7 Å². The highest BCUT2D eigenvalue weighted by atomic mass is 127. The monoisotopic (exact) mass is 480 g/mol. The van der Waals surface area contributed by atoms with Crippen LogP contribution in [-0.2, 0) is 4.79 Å². The van der Waals surface area contributed by atoms with Gasteiger partial charge in [0.1, 0.15) is 5.82 Å². The number of likely N-dealkylation sites (N-methyl/N-ethyl adjacent to an activating group) is 1. The molecule has 1 amide bonds. The Bertz CT molecular complexity index is 570. The van der Waals surface area contributed by atoms with E-state index < -0.39 is 0 Å². The summed E-state index contributed by atoms with van der Waals surface area (Å²) in [5.41, 5.74) is 0. The van der Waals surface area contributed by atoms with Crippen molar-refractivity contribution in [1.82, 2.24) is 15.5 Å². The molecule has 0 aliphatic carbocycles. The number of halogens is 2. The van der Waals surface area contributed by atoms with E-state index in [-0.39, 0.29) is 41.7 Å². The highest BCUT2D eigenvalue weighted by Gasteiger charge is 2.23. The Hall–Kier alpha value is -1.03. The minimum atomic E-state index is -0.216. The Kier molecular flexibility index (Phi) is 10.2. The quantitative estimate of drug-likeness (QED) is 0.216. The summed E-state index contributed by atoms with van der Waals surface area (Å²) >= 11 is 1.65. The van der Waals surface area contributed by atoms with E-state index in [9.17, 15) is 9.18 Å². The summed E-state index contributed by atoms with van der Waals surface area (Å²) in [5.74, 6) is 1.59. The molecule has 2 rings (SSSR count). The Morgan fingerprint density at radius 1 is 1.40 bits per heavy atom. The van der Waals surface area contributed by atoms with Gasteiger partial charge in [0, 0.05) is 43.2 Å². The van der Waals surface area contributed by atoms with Crippen molar-refractivity contribution in [2.75, 3.05) is 32.4 Å². The van der Waals surface area contributed by atoms with E-state index in [4.69, 9.17) is 0 Å². The molecule has 1 aromatic rings. The van der Waals surface area contributed by atoms with Crippen LogP contribution in [0.2, 0.25) is 0 Å². The second-order valence-electron chi connectivity index (χ2n) is 5.72. The van der Waals surface area contributed by atoms with Gasteiger partial charge in [-0.1, -0.05) is 0 Å². The van der Waals surface area contributed by atoms with Gasteiger partial charge >= 0.3 is 0 Å². The number of hydrogen-bond acceptors (Lipinski definition) is 3. The lowest BCUT2D eigenvalue weighted by atomic mass is 10.1. The highest BCUT2D eigenvalue weighted by Crippen LogP contribution is 2.17. The van der Waals surface area contributed by atoms with Gasteiger partial charge in [0.15, 0.2) is 5.96 Å². The molecule has 1 heterocycles. The third-order valence-corrected chi connectivity index (χ3v) is 4.75. The summed E-state index contributed by atoms with van der Waals surface area (Å²) in [6.45, 7) is 4.19. The number of thioether (sulfide) groups is 1. The Labute approximate surface area is 170 Å². The minimum Gasteiger partial charge on any atom is -0.357 e. The Balaban J connectivity index is 0.00000312. The van der Waals surface area contributed by atoms with E-state index in [1.807, 2.05) is 14.0 Å². The van der Waals surface area contributed by atoms with E-state index in [0.717, 1.165) is 29.6 Å². The smallest absolute Gasteiger partial charge is 0.222 e. The summed E-state index contributed by atoms with van der Waals surface area (Å²) in [6, 6.07) is 6.73. The summed E-state index contributed by atoms with van der Waals surface area (Å²) < 4.78 is 12.9. The van der Waals surface area contributed by atoms with Gasteiger partial charge in [0.2, 0.25) is 5.91 Å². The van der Waals surface area contributed by atoms with Crippen LogP contribution in [0.4, 0.5) is 4.39 Å². The molecule has 0 spiro atoms. The van der Waals surface area contributed by atoms with Crippen LogP contribution in [0.1, 0.15) is 19.8 Å². The van der Waals surface area contributed by atoms with Crippen molar-refractivity contribution in [3.63, 3.8) is 0 Å². The average molecular weight is 480 g/mol. The first-order chi connectivity index (χ1) is 11.6. The zero-order valence-electron chi connectivity index (χ0n) is 14.6. The number of nitrogens with zero attached hydrogens (tertiary/aromatic N) is 2. The fourth-order valence-electron chi connectivity index (χ4n) is 2.50. The first-order valence-corrected chi connectivity index (χ1v) is 9.24. The van der Waals surface area contributed by atoms with Crippen LogP contribution in [0.15, 0.2) is 34.2 Å². The molecule has 1 aliphatic heterocycles. The lowest BCUT2D eigenvalue weighted by Gasteiger charge is -2.31. The SMILES string of the molecule is CCNC(=NCCSc1ccc(F)cc1)NC1CCC(=O)N(C)C1.I. The summed E-state index contributed by atoms with van der Waals surface area (Å²) in [6.07, 6.45) is 1.41. The van der Waals surface area contributed by atoms with Crippen LogP contribution in [0, 0.1) is 5.82 Å². The second kappa shape index (κ2) is 11.6. The average Bonchev–Trinajstić information content (AvgIpc) is 2.57. The van der Waals surface area contributed by atoms with Crippen molar-refractivity contribution in [1.29, 1.82) is 0 Å². The molecule has 5 nitrogen and oxygen atoms in total. The third kappa shape index (κ3) is 7.81. The number of carbonyl (C=O) groups excluding carboxylic acids is 1. The topological polar surface area (TPSA) is 56.7 Å². The summed E-state index contributed by atoms with van der Waals surface area (Å²) in [5, 5.41) is 6.64. The number of guanidine groups is 1. The molecule has 1 fully saturated rings. The number of piperidine rings is 1. The van der Waals surface area contributed by atoms with Crippen LogP contribution in [0.5, 0.6) is 0 Å². The van der Waals surface area contributed by atoms with Crippen molar-refractivity contribution in [2.45, 2.75) is 30.7 Å². The largest absolute Gasteiger partial charge is 0.357 e. The number of benzene rings is 1. The molecule has 25 heavy (non-hydrogen) atoms. The van der Waals surface area contributed by atoms with Gasteiger partial charge in [0.25, 0.3) is 0 Å². The molecule has 1 saturated heterocycles. The van der Waals surface area contributed by atoms with Gasteiger partial charge in [-0.2, -0.15) is 0 Å². The fraction of sp³-hybridized carbons (Fsp3) is 0.529. The lowest BCUT2D eigenvalue weighted by molar-refractivity contribution is -0.132. The molecule has 8 heteroatoms. The van der Waals surface area contributed by atoms with Crippen molar-refractivity contribution in [3.8, 4) is 0 Å². The number of nitrogens with one attached hydrogen (secondary N) is 2. The maximum Gasteiger partial charge on any atom is 0.222 e. The first-order valence-electron chi connectivity index (χ1n) is 8.25. The van der Waals surface area contributed by atoms with Crippen LogP contribution < -0.4 is 10.6 Å². The zero-order chi connectivity index (χ0) is 17.4. The van der Waals surface area contributed by atoms with Crippen LogP contribution in [-0.4, -0.2) is 55.2 Å². The van der Waals surface area contributed by atoms with E-state index in [1.54, 1.807) is 28.8 Å². The van der Waals surface area contributed by atoms with Gasteiger partial charge in [-0.15, -0.1) is 35.7 Å². The van der Waals surface area contributed by atoms with Crippen molar-refractivity contribution < 1.29 is 9.18 Å². The number of carbonyl (C=O) groups is 1. The summed E-state index contributed by atoms with van der Waals surface area (Å²) in [4.78, 5) is 18.9. The lowest BCUT2D eigenvalue weighted by Crippen LogP contribution is -2.51. The maximum absolute atomic E-state index is 12.9. The van der Waals surface area contributed by atoms with Gasteiger partial charge < -0.3 is 15.5 Å². The van der Waals surface area contributed by atoms with Gasteiger partial charge in [-0.3, -0.25) is 9.79 Å². The minimum absolute atomic E-state index is 0. The zero-order valence-corrected chi connectivity index (χ0v) is 17.8. The molecular weight excluding hydrogens is 454 g/mol. The van der Waals surface area contributed by atoms with Gasteiger partial charge in [-0.25, -0.2) is 4.39 Å². The highest BCUT2D eigenvalue weighted by molar-refractivity contribution is 14.0. The number of likely N-dealkylation sites (tertiary alicyclic amines) is 1. The standard InChI is InChI=1S/C17H25FN4OS.HI/c1-3-19-17(21-14-6-9-16(23)22(2)12-14)20-10-11-24-15-7-4-13(18)5-8-15;/h4-5,7-8,14H,3,6,9-12H2,1-2H3,(H2,19,20,21);1H. The molecule has 2 N–H and O–H groups in total. The summed E-state index contributed by atoms with van der Waals surface area (Å²) in [7, 11) is 1.83.